The Hall–Kier alpha value is -1.30. The molecule has 0 saturated carbocycles. The highest BCUT2D eigenvalue weighted by Gasteiger charge is 2.53. The highest BCUT2D eigenvalue weighted by Crippen LogP contribution is 2.39. The molecular weight excluding hydrogens is 396 g/mol. The fraction of sp³-hybridized carbons (Fsp3) is 0.350. The van der Waals surface area contributed by atoms with Gasteiger partial charge in [-0.05, 0) is 61.4 Å². The Balaban J connectivity index is 1.83. The normalized spacial score (nSPS) is 23.1. The summed E-state index contributed by atoms with van der Waals surface area (Å²) in [6.45, 7) is 5.71. The van der Waals surface area contributed by atoms with E-state index in [1.165, 1.54) is 22.0 Å². The molecular formula is C20H22BrN2OS+. The molecule has 2 aliphatic heterocycles. The first-order valence-electron chi connectivity index (χ1n) is 8.60. The second kappa shape index (κ2) is 6.45. The van der Waals surface area contributed by atoms with Gasteiger partial charge in [-0.25, -0.2) is 9.48 Å². The third-order valence-corrected chi connectivity index (χ3v) is 6.73. The number of benzene rings is 2. The minimum atomic E-state index is -0.986. The third-order valence-electron chi connectivity index (χ3n) is 5.01. The van der Waals surface area contributed by atoms with Crippen LogP contribution in [0.2, 0.25) is 0 Å². The fourth-order valence-corrected chi connectivity index (χ4v) is 5.10. The molecule has 0 saturated heterocycles. The van der Waals surface area contributed by atoms with E-state index in [1.54, 1.807) is 0 Å². The molecule has 4 rings (SSSR count). The molecule has 130 valence electrons. The number of nitrogens with zero attached hydrogens (tertiary/aromatic N) is 2. The largest absolute Gasteiger partial charge is 0.346 e. The molecule has 1 atom stereocenters. The Morgan fingerprint density at radius 3 is 2.68 bits per heavy atom. The van der Waals surface area contributed by atoms with Crippen molar-refractivity contribution in [2.75, 3.05) is 23.7 Å². The zero-order valence-electron chi connectivity index (χ0n) is 14.5. The molecule has 2 aliphatic rings. The summed E-state index contributed by atoms with van der Waals surface area (Å²) in [5, 5.41) is 12.8. The lowest BCUT2D eigenvalue weighted by molar-refractivity contribution is -0.656. The zero-order valence-corrected chi connectivity index (χ0v) is 16.9. The number of rotatable bonds is 2. The monoisotopic (exact) mass is 417 g/mol. The first-order chi connectivity index (χ1) is 12.0. The van der Waals surface area contributed by atoms with Gasteiger partial charge in [0.2, 0.25) is 0 Å². The summed E-state index contributed by atoms with van der Waals surface area (Å²) in [4.78, 5) is 2.30. The van der Waals surface area contributed by atoms with E-state index in [4.69, 9.17) is 0 Å². The zero-order chi connectivity index (χ0) is 17.6. The average molecular weight is 418 g/mol. The molecule has 2 aromatic rings. The molecule has 1 N–H and O–H groups in total. The minimum absolute atomic E-state index is 0.557. The lowest BCUT2D eigenvalue weighted by Crippen LogP contribution is -2.41. The van der Waals surface area contributed by atoms with Gasteiger partial charge in [0.1, 0.15) is 5.69 Å². The van der Waals surface area contributed by atoms with Gasteiger partial charge >= 0.3 is 5.17 Å². The summed E-state index contributed by atoms with van der Waals surface area (Å²) in [6, 6.07) is 14.6. The maximum Gasteiger partial charge on any atom is 0.316 e. The number of thioether (sulfide) groups is 1. The van der Waals surface area contributed by atoms with E-state index in [0.29, 0.717) is 6.54 Å². The lowest BCUT2D eigenvalue weighted by Gasteiger charge is -2.24. The van der Waals surface area contributed by atoms with Crippen molar-refractivity contribution < 1.29 is 9.68 Å². The summed E-state index contributed by atoms with van der Waals surface area (Å²) in [6.07, 6.45) is 1.09. The van der Waals surface area contributed by atoms with E-state index in [0.717, 1.165) is 28.8 Å². The minimum Gasteiger partial charge on any atom is -0.346 e. The Labute approximate surface area is 161 Å². The number of β-amino-alcohol motifs (C(OH)–C–C–N with tert-alkyl or cyclic N) is 1. The van der Waals surface area contributed by atoms with E-state index < -0.39 is 5.72 Å². The summed E-state index contributed by atoms with van der Waals surface area (Å²) in [5.41, 5.74) is 3.64. The molecule has 0 bridgehead atoms. The number of amidine groups is 1. The van der Waals surface area contributed by atoms with Crippen LogP contribution in [0.15, 0.2) is 46.9 Å². The van der Waals surface area contributed by atoms with Crippen molar-refractivity contribution in [2.24, 2.45) is 0 Å². The average Bonchev–Trinajstić information content (AvgIpc) is 2.92. The first-order valence-corrected chi connectivity index (χ1v) is 10.4. The molecule has 0 aromatic heterocycles. The van der Waals surface area contributed by atoms with Crippen molar-refractivity contribution in [3.05, 3.63) is 63.6 Å². The molecule has 2 heterocycles. The van der Waals surface area contributed by atoms with Crippen LogP contribution in [0.3, 0.4) is 0 Å². The van der Waals surface area contributed by atoms with Gasteiger partial charge in [0.25, 0.3) is 5.72 Å². The van der Waals surface area contributed by atoms with Gasteiger partial charge in [0, 0.05) is 15.8 Å². The van der Waals surface area contributed by atoms with Crippen molar-refractivity contribution in [2.45, 2.75) is 26.0 Å². The number of hydrogen-bond acceptors (Lipinski definition) is 3. The number of aryl methyl sites for hydroxylation is 2. The summed E-state index contributed by atoms with van der Waals surface area (Å²) >= 11 is 5.34. The van der Waals surface area contributed by atoms with Gasteiger partial charge in [0.05, 0.1) is 6.54 Å². The van der Waals surface area contributed by atoms with Gasteiger partial charge in [-0.15, -0.1) is 0 Å². The summed E-state index contributed by atoms with van der Waals surface area (Å²) in [7, 11) is 0. The standard InChI is InChI=1S/C20H22BrN2OS/c1-14-4-5-15(2)18(12-14)22-13-20(24,16-6-8-17(21)9-7-16)23-10-3-11-25-19(22)23/h4-9,12,24H,3,10-11,13H2,1-2H3/q+1/t20-/m1/s1. The molecule has 5 heteroatoms. The van der Waals surface area contributed by atoms with Crippen LogP contribution < -0.4 is 4.90 Å². The predicted octanol–water partition coefficient (Wildman–Crippen LogP) is 4.24. The third kappa shape index (κ3) is 2.92. The number of aliphatic hydroxyl groups is 1. The smallest absolute Gasteiger partial charge is 0.316 e. The topological polar surface area (TPSA) is 26.5 Å². The Morgan fingerprint density at radius 2 is 1.92 bits per heavy atom. The molecule has 2 aromatic carbocycles. The van der Waals surface area contributed by atoms with Crippen molar-refractivity contribution in [1.29, 1.82) is 0 Å². The van der Waals surface area contributed by atoms with Crippen molar-refractivity contribution in [3.8, 4) is 0 Å². The van der Waals surface area contributed by atoms with Crippen LogP contribution in [0.1, 0.15) is 23.1 Å². The van der Waals surface area contributed by atoms with Crippen molar-refractivity contribution in [3.63, 3.8) is 0 Å². The SMILES string of the molecule is Cc1ccc(C)c(N2C[C@@](O)(c3ccc(Br)cc3)[N+]3=C2SCCC3)c1. The molecule has 0 unspecified atom stereocenters. The van der Waals surface area contributed by atoms with Crippen molar-refractivity contribution >= 4 is 38.5 Å². The molecule has 25 heavy (non-hydrogen) atoms. The highest BCUT2D eigenvalue weighted by molar-refractivity contribution is 9.10. The van der Waals surface area contributed by atoms with Crippen LogP contribution in [-0.4, -0.2) is 33.7 Å². The number of anilines is 1. The van der Waals surface area contributed by atoms with Gasteiger partial charge in [-0.3, -0.25) is 0 Å². The van der Waals surface area contributed by atoms with E-state index >= 15 is 0 Å². The number of hydrogen-bond donors (Lipinski definition) is 1. The van der Waals surface area contributed by atoms with Crippen LogP contribution in [0.4, 0.5) is 5.69 Å². The second-order valence-electron chi connectivity index (χ2n) is 6.84. The first kappa shape index (κ1) is 17.1. The van der Waals surface area contributed by atoms with Crippen LogP contribution in [-0.2, 0) is 5.72 Å². The molecule has 0 spiro atoms. The maximum atomic E-state index is 11.7. The predicted molar refractivity (Wildman–Crippen MR) is 109 cm³/mol. The number of halogens is 1. The Morgan fingerprint density at radius 1 is 1.16 bits per heavy atom. The molecule has 0 fully saturated rings. The van der Waals surface area contributed by atoms with Gasteiger partial charge in [0.15, 0.2) is 6.54 Å². The molecule has 0 aliphatic carbocycles. The molecule has 3 nitrogen and oxygen atoms in total. The highest BCUT2D eigenvalue weighted by atomic mass is 79.9. The maximum absolute atomic E-state index is 11.7. The Bertz CT molecular complexity index is 849. The van der Waals surface area contributed by atoms with E-state index in [2.05, 4.69) is 57.5 Å². The van der Waals surface area contributed by atoms with Gasteiger partial charge in [-0.1, -0.05) is 40.2 Å². The summed E-state index contributed by atoms with van der Waals surface area (Å²) < 4.78 is 3.22. The van der Waals surface area contributed by atoms with Crippen LogP contribution in [0.5, 0.6) is 0 Å². The van der Waals surface area contributed by atoms with E-state index in [9.17, 15) is 5.11 Å². The van der Waals surface area contributed by atoms with E-state index in [-0.39, 0.29) is 0 Å². The van der Waals surface area contributed by atoms with Crippen molar-refractivity contribution in [1.82, 2.24) is 0 Å². The lowest BCUT2D eigenvalue weighted by atomic mass is 10.0. The quantitative estimate of drug-likeness (QED) is 0.740. The van der Waals surface area contributed by atoms with Gasteiger partial charge in [-0.2, -0.15) is 0 Å². The van der Waals surface area contributed by atoms with E-state index in [1.807, 2.05) is 36.0 Å². The molecule has 0 radical (unpaired) electrons. The van der Waals surface area contributed by atoms with Crippen LogP contribution in [0.25, 0.3) is 0 Å². The van der Waals surface area contributed by atoms with Gasteiger partial charge < -0.3 is 5.11 Å². The van der Waals surface area contributed by atoms with Crippen LogP contribution in [0, 0.1) is 13.8 Å². The summed E-state index contributed by atoms with van der Waals surface area (Å²) in [5.74, 6) is 1.10. The van der Waals surface area contributed by atoms with Crippen LogP contribution >= 0.6 is 27.7 Å². The Kier molecular flexibility index (Phi) is 4.42. The fourth-order valence-electron chi connectivity index (χ4n) is 3.66. The second-order valence-corrected chi connectivity index (χ2v) is 8.81. The molecule has 0 amide bonds.